The van der Waals surface area contributed by atoms with Crippen molar-refractivity contribution in [2.75, 3.05) is 13.1 Å². The molecule has 1 fully saturated rings. The molecule has 0 aliphatic carbocycles. The number of carbonyl (C=O) groups excluding carboxylic acids is 3. The predicted octanol–water partition coefficient (Wildman–Crippen LogP) is 1.54. The Hall–Kier alpha value is -2.48. The van der Waals surface area contributed by atoms with Crippen LogP contribution in [0.25, 0.3) is 0 Å². The van der Waals surface area contributed by atoms with Gasteiger partial charge in [-0.15, -0.1) is 0 Å². The minimum Gasteiger partial charge on any atom is -0.463 e. The molecule has 146 valence electrons. The highest BCUT2D eigenvalue weighted by atomic mass is 32.1. The largest absolute Gasteiger partial charge is 0.463 e. The van der Waals surface area contributed by atoms with E-state index >= 15 is 0 Å². The SMILES string of the molecule is CCC(C)OC(=O)CC1C(=O)NCCN1C(=S)NC(=O)c1ccc(C)cc1. The van der Waals surface area contributed by atoms with Crippen LogP contribution in [0, 0.1) is 6.92 Å². The molecule has 2 atom stereocenters. The van der Waals surface area contributed by atoms with Gasteiger partial charge in [0, 0.05) is 18.7 Å². The van der Waals surface area contributed by atoms with Crippen molar-refractivity contribution in [3.05, 3.63) is 35.4 Å². The first-order chi connectivity index (χ1) is 12.8. The van der Waals surface area contributed by atoms with Crippen molar-refractivity contribution in [2.45, 2.75) is 45.8 Å². The van der Waals surface area contributed by atoms with Gasteiger partial charge in [0.25, 0.3) is 5.91 Å². The lowest BCUT2D eigenvalue weighted by Crippen LogP contribution is -2.60. The molecule has 1 saturated heterocycles. The first kappa shape index (κ1) is 20.8. The van der Waals surface area contributed by atoms with Gasteiger partial charge in [0.15, 0.2) is 5.11 Å². The minimum absolute atomic E-state index is 0.122. The summed E-state index contributed by atoms with van der Waals surface area (Å²) in [5.41, 5.74) is 1.51. The molecule has 7 nitrogen and oxygen atoms in total. The highest BCUT2D eigenvalue weighted by Gasteiger charge is 2.34. The Kier molecular flexibility index (Phi) is 7.29. The van der Waals surface area contributed by atoms with Crippen LogP contribution in [0.1, 0.15) is 42.6 Å². The number of thiocarbonyl (C=S) groups is 1. The van der Waals surface area contributed by atoms with E-state index in [9.17, 15) is 14.4 Å². The Labute approximate surface area is 164 Å². The number of nitrogens with one attached hydrogen (secondary N) is 2. The summed E-state index contributed by atoms with van der Waals surface area (Å²) >= 11 is 5.33. The standard InChI is InChI=1S/C19H25N3O4S/c1-4-13(3)26-16(23)11-15-18(25)20-9-10-22(15)19(27)21-17(24)14-7-5-12(2)6-8-14/h5-8,13,15H,4,9-11H2,1-3H3,(H,20,25)(H,21,24,27). The normalized spacial score (nSPS) is 17.7. The molecule has 1 aliphatic rings. The van der Waals surface area contributed by atoms with Gasteiger partial charge in [0.2, 0.25) is 5.91 Å². The van der Waals surface area contributed by atoms with Crippen molar-refractivity contribution in [1.82, 2.24) is 15.5 Å². The lowest BCUT2D eigenvalue weighted by molar-refractivity contribution is -0.151. The summed E-state index contributed by atoms with van der Waals surface area (Å²) in [4.78, 5) is 38.3. The highest BCUT2D eigenvalue weighted by Crippen LogP contribution is 2.12. The quantitative estimate of drug-likeness (QED) is 0.585. The molecule has 0 aromatic heterocycles. The highest BCUT2D eigenvalue weighted by molar-refractivity contribution is 7.80. The molecular formula is C19H25N3O4S. The van der Waals surface area contributed by atoms with Crippen LogP contribution in [0.3, 0.4) is 0 Å². The molecule has 0 radical (unpaired) electrons. The second-order valence-electron chi connectivity index (χ2n) is 6.54. The molecule has 2 rings (SSSR count). The van der Waals surface area contributed by atoms with Crippen LogP contribution in [-0.2, 0) is 14.3 Å². The molecule has 8 heteroatoms. The van der Waals surface area contributed by atoms with E-state index in [1.807, 2.05) is 26.0 Å². The van der Waals surface area contributed by atoms with E-state index in [0.29, 0.717) is 25.1 Å². The smallest absolute Gasteiger partial charge is 0.308 e. The Morgan fingerprint density at radius 3 is 2.67 bits per heavy atom. The van der Waals surface area contributed by atoms with Gasteiger partial charge >= 0.3 is 5.97 Å². The second kappa shape index (κ2) is 9.45. The molecule has 2 amide bonds. The summed E-state index contributed by atoms with van der Waals surface area (Å²) in [7, 11) is 0. The van der Waals surface area contributed by atoms with Crippen molar-refractivity contribution in [3.63, 3.8) is 0 Å². The van der Waals surface area contributed by atoms with Gasteiger partial charge in [-0.1, -0.05) is 24.6 Å². The minimum atomic E-state index is -0.805. The second-order valence-corrected chi connectivity index (χ2v) is 6.93. The Morgan fingerprint density at radius 1 is 1.37 bits per heavy atom. The van der Waals surface area contributed by atoms with Crippen molar-refractivity contribution in [1.29, 1.82) is 0 Å². The van der Waals surface area contributed by atoms with E-state index in [0.717, 1.165) is 5.56 Å². The van der Waals surface area contributed by atoms with Gasteiger partial charge in [-0.3, -0.25) is 19.7 Å². The molecule has 1 aromatic carbocycles. The van der Waals surface area contributed by atoms with Crippen molar-refractivity contribution in [3.8, 4) is 0 Å². The number of esters is 1. The molecular weight excluding hydrogens is 366 g/mol. The molecule has 1 aliphatic heterocycles. The van der Waals surface area contributed by atoms with E-state index < -0.39 is 12.0 Å². The third-order valence-corrected chi connectivity index (χ3v) is 4.73. The summed E-state index contributed by atoms with van der Waals surface area (Å²) in [5.74, 6) is -1.13. The number of hydrogen-bond acceptors (Lipinski definition) is 5. The summed E-state index contributed by atoms with van der Waals surface area (Å²) in [6.07, 6.45) is 0.347. The summed E-state index contributed by atoms with van der Waals surface area (Å²) in [6, 6.07) is 6.27. The first-order valence-corrected chi connectivity index (χ1v) is 9.38. The number of hydrogen-bond donors (Lipinski definition) is 2. The van der Waals surface area contributed by atoms with Gasteiger partial charge in [-0.25, -0.2) is 0 Å². The molecule has 0 bridgehead atoms. The zero-order chi connectivity index (χ0) is 20.0. The zero-order valence-electron chi connectivity index (χ0n) is 15.8. The Balaban J connectivity index is 2.04. The van der Waals surface area contributed by atoms with Crippen LogP contribution in [0.5, 0.6) is 0 Å². The number of rotatable bonds is 5. The molecule has 27 heavy (non-hydrogen) atoms. The number of piperazine rings is 1. The maximum Gasteiger partial charge on any atom is 0.308 e. The van der Waals surface area contributed by atoms with E-state index in [1.165, 1.54) is 0 Å². The molecule has 2 N–H and O–H groups in total. The van der Waals surface area contributed by atoms with Gasteiger partial charge in [0.05, 0.1) is 12.5 Å². The van der Waals surface area contributed by atoms with E-state index in [-0.39, 0.29) is 29.5 Å². The molecule has 1 aromatic rings. The summed E-state index contributed by atoms with van der Waals surface area (Å²) in [5, 5.41) is 5.49. The topological polar surface area (TPSA) is 87.7 Å². The van der Waals surface area contributed by atoms with Crippen LogP contribution in [-0.4, -0.2) is 53.0 Å². The van der Waals surface area contributed by atoms with Crippen molar-refractivity contribution < 1.29 is 19.1 Å². The number of aryl methyl sites for hydroxylation is 1. The summed E-state index contributed by atoms with van der Waals surface area (Å²) < 4.78 is 5.26. The average molecular weight is 391 g/mol. The van der Waals surface area contributed by atoms with E-state index in [1.54, 1.807) is 24.0 Å². The average Bonchev–Trinajstić information content (AvgIpc) is 2.63. The van der Waals surface area contributed by atoms with Crippen LogP contribution < -0.4 is 10.6 Å². The number of ether oxygens (including phenoxy) is 1. The van der Waals surface area contributed by atoms with Crippen molar-refractivity contribution >= 4 is 35.1 Å². The predicted molar refractivity (Wildman–Crippen MR) is 105 cm³/mol. The fraction of sp³-hybridized carbons (Fsp3) is 0.474. The van der Waals surface area contributed by atoms with E-state index in [4.69, 9.17) is 17.0 Å². The monoisotopic (exact) mass is 391 g/mol. The fourth-order valence-corrected chi connectivity index (χ4v) is 2.93. The summed E-state index contributed by atoms with van der Waals surface area (Å²) in [6.45, 7) is 6.42. The third-order valence-electron chi connectivity index (χ3n) is 4.39. The Bertz CT molecular complexity index is 720. The molecule has 0 saturated carbocycles. The van der Waals surface area contributed by atoms with Crippen LogP contribution in [0.2, 0.25) is 0 Å². The van der Waals surface area contributed by atoms with E-state index in [2.05, 4.69) is 10.6 Å². The molecule has 0 spiro atoms. The van der Waals surface area contributed by atoms with Crippen LogP contribution in [0.15, 0.2) is 24.3 Å². The van der Waals surface area contributed by atoms with Crippen LogP contribution >= 0.6 is 12.2 Å². The maximum atomic E-state index is 12.4. The Morgan fingerprint density at radius 2 is 2.04 bits per heavy atom. The number of carbonyl (C=O) groups is 3. The van der Waals surface area contributed by atoms with Crippen LogP contribution in [0.4, 0.5) is 0 Å². The fourth-order valence-electron chi connectivity index (χ4n) is 2.62. The zero-order valence-corrected chi connectivity index (χ0v) is 16.6. The van der Waals surface area contributed by atoms with Crippen molar-refractivity contribution in [2.24, 2.45) is 0 Å². The lowest BCUT2D eigenvalue weighted by atomic mass is 10.1. The van der Waals surface area contributed by atoms with Gasteiger partial charge in [0.1, 0.15) is 6.04 Å². The third kappa shape index (κ3) is 5.75. The van der Waals surface area contributed by atoms with Gasteiger partial charge in [-0.2, -0.15) is 0 Å². The van der Waals surface area contributed by atoms with Gasteiger partial charge < -0.3 is 15.0 Å². The number of benzene rings is 1. The number of amides is 2. The lowest BCUT2D eigenvalue weighted by Gasteiger charge is -2.36. The number of nitrogens with zero attached hydrogens (tertiary/aromatic N) is 1. The molecule has 2 unspecified atom stereocenters. The van der Waals surface area contributed by atoms with Gasteiger partial charge in [-0.05, 0) is 44.6 Å². The first-order valence-electron chi connectivity index (χ1n) is 8.97. The molecule has 1 heterocycles. The maximum absolute atomic E-state index is 12.4.